The molecule has 1 fully saturated rings. The first-order valence-electron chi connectivity index (χ1n) is 8.64. The molecule has 0 unspecified atom stereocenters. The molecule has 2 aromatic rings. The van der Waals surface area contributed by atoms with Crippen molar-refractivity contribution in [1.29, 1.82) is 0 Å². The molecule has 0 radical (unpaired) electrons. The topological polar surface area (TPSA) is 141 Å². The number of aromatic nitrogens is 3. The van der Waals surface area contributed by atoms with Crippen molar-refractivity contribution < 1.29 is 18.3 Å². The summed E-state index contributed by atoms with van der Waals surface area (Å²) in [5.74, 6) is -3.06. The normalized spacial score (nSPS) is 21.0. The summed E-state index contributed by atoms with van der Waals surface area (Å²) in [7, 11) is 1.49. The van der Waals surface area contributed by atoms with E-state index >= 15 is 0 Å². The Hall–Kier alpha value is -3.08. The first kappa shape index (κ1) is 19.7. The van der Waals surface area contributed by atoms with Crippen LogP contribution in [0.15, 0.2) is 24.5 Å². The van der Waals surface area contributed by atoms with Crippen molar-refractivity contribution in [2.24, 2.45) is 11.5 Å². The second-order valence-corrected chi connectivity index (χ2v) is 6.46. The Morgan fingerprint density at radius 2 is 2.11 bits per heavy atom. The zero-order valence-corrected chi connectivity index (χ0v) is 15.2. The van der Waals surface area contributed by atoms with Crippen LogP contribution in [0.2, 0.25) is 0 Å². The van der Waals surface area contributed by atoms with E-state index < -0.39 is 23.9 Å². The van der Waals surface area contributed by atoms with E-state index in [1.807, 2.05) is 0 Å². The van der Waals surface area contributed by atoms with Gasteiger partial charge in [0.05, 0.1) is 31.2 Å². The van der Waals surface area contributed by atoms with E-state index in [-0.39, 0.29) is 23.8 Å². The largest absolute Gasteiger partial charge is 0.481 e. The second kappa shape index (κ2) is 7.89. The van der Waals surface area contributed by atoms with Gasteiger partial charge in [-0.05, 0) is 18.9 Å². The summed E-state index contributed by atoms with van der Waals surface area (Å²) in [5, 5.41) is 5.79. The molecular weight excluding hydrogens is 372 g/mol. The molecule has 9 nitrogen and oxygen atoms in total. The highest BCUT2D eigenvalue weighted by Crippen LogP contribution is 2.33. The number of rotatable bonds is 6. The molecule has 1 saturated carbocycles. The quantitative estimate of drug-likeness (QED) is 0.580. The zero-order valence-electron chi connectivity index (χ0n) is 15.2. The molecule has 0 spiro atoms. The van der Waals surface area contributed by atoms with Crippen LogP contribution >= 0.6 is 0 Å². The van der Waals surface area contributed by atoms with Crippen molar-refractivity contribution >= 4 is 23.2 Å². The second-order valence-electron chi connectivity index (χ2n) is 6.46. The van der Waals surface area contributed by atoms with Crippen molar-refractivity contribution in [3.63, 3.8) is 0 Å². The monoisotopic (exact) mass is 393 g/mol. The number of ether oxygens (including phenoxy) is 1. The van der Waals surface area contributed by atoms with Crippen LogP contribution in [0.3, 0.4) is 0 Å². The standard InChI is InChI=1S/C17H21F2N7O2/c1-28-12-5-4-9(7-22-12)24-16-13(15(21)27)23-8-11(26-16)25-10-3-2-6-17(18,19)14(10)20/h4-5,7-8,10,14H,2-3,6,20H2,1H3,(H2,21,27)(H2,24,25,26)/t10-,14-/m1/s1. The van der Waals surface area contributed by atoms with Crippen LogP contribution < -0.4 is 26.8 Å². The number of methoxy groups -OCH3 is 1. The minimum atomic E-state index is -2.95. The number of hydrogen-bond acceptors (Lipinski definition) is 8. The number of nitrogens with two attached hydrogens (primary N) is 2. The molecule has 28 heavy (non-hydrogen) atoms. The number of anilines is 3. The van der Waals surface area contributed by atoms with E-state index in [0.717, 1.165) is 0 Å². The molecular formula is C17H21F2N7O2. The Kier molecular flexibility index (Phi) is 5.54. The Bertz CT molecular complexity index is 848. The lowest BCUT2D eigenvalue weighted by molar-refractivity contribution is -0.0554. The number of carbonyl (C=O) groups excluding carboxylic acids is 1. The van der Waals surface area contributed by atoms with Crippen molar-refractivity contribution in [3.05, 3.63) is 30.2 Å². The molecule has 3 rings (SSSR count). The molecule has 2 aromatic heterocycles. The maximum Gasteiger partial charge on any atom is 0.271 e. The average molecular weight is 393 g/mol. The Labute approximate surface area is 159 Å². The first-order chi connectivity index (χ1) is 13.3. The van der Waals surface area contributed by atoms with Gasteiger partial charge < -0.3 is 26.8 Å². The summed E-state index contributed by atoms with van der Waals surface area (Å²) >= 11 is 0. The first-order valence-corrected chi connectivity index (χ1v) is 8.64. The maximum atomic E-state index is 13.9. The SMILES string of the molecule is COc1ccc(Nc2nc(N[C@@H]3CCCC(F)(F)[C@@H]3N)cnc2C(N)=O)cn1. The van der Waals surface area contributed by atoms with Crippen molar-refractivity contribution in [2.75, 3.05) is 17.7 Å². The number of primary amides is 1. The van der Waals surface area contributed by atoms with Crippen LogP contribution in [-0.4, -0.2) is 46.0 Å². The van der Waals surface area contributed by atoms with E-state index in [2.05, 4.69) is 25.6 Å². The number of pyridine rings is 1. The van der Waals surface area contributed by atoms with Gasteiger partial charge in [0, 0.05) is 18.5 Å². The van der Waals surface area contributed by atoms with Gasteiger partial charge in [0.25, 0.3) is 11.8 Å². The molecule has 6 N–H and O–H groups in total. The van der Waals surface area contributed by atoms with Gasteiger partial charge in [0.2, 0.25) is 5.88 Å². The summed E-state index contributed by atoms with van der Waals surface area (Å²) in [6.45, 7) is 0. The summed E-state index contributed by atoms with van der Waals surface area (Å²) < 4.78 is 32.7. The van der Waals surface area contributed by atoms with Gasteiger partial charge in [-0.1, -0.05) is 0 Å². The van der Waals surface area contributed by atoms with Gasteiger partial charge in [0.15, 0.2) is 11.5 Å². The third-order valence-corrected chi connectivity index (χ3v) is 4.49. The summed E-state index contributed by atoms with van der Waals surface area (Å²) in [6.07, 6.45) is 3.31. The Balaban J connectivity index is 1.83. The molecule has 11 heteroatoms. The zero-order chi connectivity index (χ0) is 20.3. The van der Waals surface area contributed by atoms with Gasteiger partial charge in [-0.15, -0.1) is 0 Å². The lowest BCUT2D eigenvalue weighted by atomic mass is 9.87. The summed E-state index contributed by atoms with van der Waals surface area (Å²) in [5.41, 5.74) is 11.5. The Morgan fingerprint density at radius 3 is 2.75 bits per heavy atom. The highest BCUT2D eigenvalue weighted by Gasteiger charge is 2.44. The molecule has 1 aliphatic rings. The maximum absolute atomic E-state index is 13.9. The van der Waals surface area contributed by atoms with Crippen molar-refractivity contribution in [3.8, 4) is 5.88 Å². The van der Waals surface area contributed by atoms with E-state index in [9.17, 15) is 13.6 Å². The van der Waals surface area contributed by atoms with Gasteiger partial charge in [0.1, 0.15) is 5.82 Å². The fourth-order valence-corrected chi connectivity index (χ4v) is 2.99. The molecule has 0 saturated heterocycles. The molecule has 2 atom stereocenters. The van der Waals surface area contributed by atoms with Crippen LogP contribution in [0.4, 0.5) is 26.1 Å². The molecule has 2 heterocycles. The van der Waals surface area contributed by atoms with Crippen LogP contribution in [0.1, 0.15) is 29.8 Å². The predicted octanol–water partition coefficient (Wildman–Crippen LogP) is 1.65. The van der Waals surface area contributed by atoms with Gasteiger partial charge in [-0.25, -0.2) is 23.7 Å². The molecule has 150 valence electrons. The van der Waals surface area contributed by atoms with E-state index in [1.165, 1.54) is 19.5 Å². The van der Waals surface area contributed by atoms with Gasteiger partial charge >= 0.3 is 0 Å². The number of hydrogen-bond donors (Lipinski definition) is 4. The average Bonchev–Trinajstić information content (AvgIpc) is 2.66. The summed E-state index contributed by atoms with van der Waals surface area (Å²) in [4.78, 5) is 24.0. The van der Waals surface area contributed by atoms with E-state index in [4.69, 9.17) is 16.2 Å². The fraction of sp³-hybridized carbons (Fsp3) is 0.412. The number of carbonyl (C=O) groups is 1. The third kappa shape index (κ3) is 4.25. The van der Waals surface area contributed by atoms with Crippen LogP contribution in [0, 0.1) is 0 Å². The minimum Gasteiger partial charge on any atom is -0.481 e. The molecule has 0 aliphatic heterocycles. The van der Waals surface area contributed by atoms with Gasteiger partial charge in [-0.2, -0.15) is 0 Å². The van der Waals surface area contributed by atoms with Crippen LogP contribution in [0.25, 0.3) is 0 Å². The molecule has 0 aromatic carbocycles. The predicted molar refractivity (Wildman–Crippen MR) is 98.8 cm³/mol. The third-order valence-electron chi connectivity index (χ3n) is 4.49. The van der Waals surface area contributed by atoms with Gasteiger partial charge in [-0.3, -0.25) is 4.79 Å². The van der Waals surface area contributed by atoms with E-state index in [0.29, 0.717) is 24.4 Å². The molecule has 0 bridgehead atoms. The number of halogens is 2. The van der Waals surface area contributed by atoms with Crippen LogP contribution in [0.5, 0.6) is 5.88 Å². The lowest BCUT2D eigenvalue weighted by Crippen LogP contribution is -2.55. The van der Waals surface area contributed by atoms with Crippen molar-refractivity contribution in [2.45, 2.75) is 37.3 Å². The minimum absolute atomic E-state index is 0.0700. The number of alkyl halides is 2. The lowest BCUT2D eigenvalue weighted by Gasteiger charge is -2.36. The number of nitrogens with one attached hydrogen (secondary N) is 2. The fourth-order valence-electron chi connectivity index (χ4n) is 2.99. The van der Waals surface area contributed by atoms with E-state index in [1.54, 1.807) is 12.1 Å². The Morgan fingerprint density at radius 1 is 1.32 bits per heavy atom. The summed E-state index contributed by atoms with van der Waals surface area (Å²) in [6, 6.07) is 1.26. The highest BCUT2D eigenvalue weighted by atomic mass is 19.3. The van der Waals surface area contributed by atoms with Crippen molar-refractivity contribution in [1.82, 2.24) is 15.0 Å². The van der Waals surface area contributed by atoms with Crippen LogP contribution in [-0.2, 0) is 0 Å². The highest BCUT2D eigenvalue weighted by molar-refractivity contribution is 5.96. The number of nitrogens with zero attached hydrogens (tertiary/aromatic N) is 3. The smallest absolute Gasteiger partial charge is 0.271 e. The number of amides is 1. The molecule has 1 aliphatic carbocycles. The molecule has 1 amide bonds.